The van der Waals surface area contributed by atoms with Gasteiger partial charge < -0.3 is 0 Å². The molecule has 0 saturated heterocycles. The van der Waals surface area contributed by atoms with Crippen LogP contribution >= 0.6 is 12.6 Å². The van der Waals surface area contributed by atoms with E-state index in [0.29, 0.717) is 0 Å². The van der Waals surface area contributed by atoms with Crippen molar-refractivity contribution in [3.05, 3.63) is 23.1 Å². The zero-order valence-electron chi connectivity index (χ0n) is 7.23. The summed E-state index contributed by atoms with van der Waals surface area (Å²) in [5.74, 6) is 0. The van der Waals surface area contributed by atoms with Crippen molar-refractivity contribution in [1.82, 2.24) is 0 Å². The molecule has 0 saturated carbocycles. The van der Waals surface area contributed by atoms with Gasteiger partial charge in [-0.1, -0.05) is 33.4 Å². The van der Waals surface area contributed by atoms with Crippen molar-refractivity contribution in [3.63, 3.8) is 0 Å². The summed E-state index contributed by atoms with van der Waals surface area (Å²) in [5.41, 5.74) is 1.24. The molecule has 0 aliphatic carbocycles. The van der Waals surface area contributed by atoms with E-state index < -0.39 is 0 Å². The first-order chi connectivity index (χ1) is 4.39. The molecule has 0 unspecified atom stereocenters. The summed E-state index contributed by atoms with van der Waals surface area (Å²) in [6.07, 6.45) is 1.97. The second-order valence-electron chi connectivity index (χ2n) is 3.40. The smallest absolute Gasteiger partial charge is 0.00287 e. The molecule has 58 valence electrons. The van der Waals surface area contributed by atoms with Crippen molar-refractivity contribution in [1.29, 1.82) is 0 Å². The molecular weight excluding hydrogens is 140 g/mol. The first kappa shape index (κ1) is 9.83. The van der Waals surface area contributed by atoms with E-state index in [1.54, 1.807) is 0 Å². The van der Waals surface area contributed by atoms with E-state index in [1.165, 1.54) is 0 Å². The predicted octanol–water partition coefficient (Wildman–Crippen LogP) is 3.42. The fourth-order valence-corrected chi connectivity index (χ4v) is 0.894. The molecule has 0 aromatic carbocycles. The summed E-state index contributed by atoms with van der Waals surface area (Å²) >= 11 is 4.28. The number of hydrogen-bond acceptors (Lipinski definition) is 1. The molecule has 0 nitrogen and oxygen atoms in total. The van der Waals surface area contributed by atoms with Crippen LogP contribution < -0.4 is 0 Å². The normalized spacial score (nSPS) is 13.5. The van der Waals surface area contributed by atoms with Crippen LogP contribution in [0.15, 0.2) is 23.1 Å². The van der Waals surface area contributed by atoms with E-state index in [2.05, 4.69) is 40.0 Å². The van der Waals surface area contributed by atoms with Crippen LogP contribution in [0, 0.1) is 5.41 Å². The molecule has 0 amide bonds. The van der Waals surface area contributed by atoms with Crippen molar-refractivity contribution in [2.45, 2.75) is 27.7 Å². The van der Waals surface area contributed by atoms with E-state index >= 15 is 0 Å². The standard InChI is InChI=1S/C9H16S/c1-6-8(10)7(2)9(3,4)5/h6,10H,2H2,1,3-5H3/b8-6-. The molecule has 0 aromatic heterocycles. The fraction of sp³-hybridized carbons (Fsp3) is 0.556. The summed E-state index contributed by atoms with van der Waals surface area (Å²) in [7, 11) is 0. The molecule has 0 bridgehead atoms. The Morgan fingerprint density at radius 2 is 1.80 bits per heavy atom. The van der Waals surface area contributed by atoms with Gasteiger partial charge in [0.25, 0.3) is 0 Å². The monoisotopic (exact) mass is 156 g/mol. The van der Waals surface area contributed by atoms with Gasteiger partial charge in [0.05, 0.1) is 0 Å². The van der Waals surface area contributed by atoms with Crippen LogP contribution in [0.3, 0.4) is 0 Å². The third-order valence-corrected chi connectivity index (χ3v) is 2.02. The Morgan fingerprint density at radius 1 is 1.40 bits per heavy atom. The maximum Gasteiger partial charge on any atom is 0.00287 e. The van der Waals surface area contributed by atoms with Crippen LogP contribution in [-0.4, -0.2) is 0 Å². The van der Waals surface area contributed by atoms with Gasteiger partial charge in [-0.2, -0.15) is 0 Å². The number of thiol groups is 1. The van der Waals surface area contributed by atoms with Crippen LogP contribution in [0.4, 0.5) is 0 Å². The van der Waals surface area contributed by atoms with Crippen molar-refractivity contribution in [2.75, 3.05) is 0 Å². The maximum atomic E-state index is 4.28. The van der Waals surface area contributed by atoms with Gasteiger partial charge in [-0.15, -0.1) is 12.6 Å². The molecule has 0 heterocycles. The highest BCUT2D eigenvalue weighted by Crippen LogP contribution is 2.30. The Bertz CT molecular complexity index is 158. The molecule has 0 rings (SSSR count). The minimum atomic E-state index is 0.142. The van der Waals surface area contributed by atoms with E-state index in [9.17, 15) is 0 Å². The maximum absolute atomic E-state index is 4.28. The van der Waals surface area contributed by atoms with E-state index in [0.717, 1.165) is 10.5 Å². The van der Waals surface area contributed by atoms with E-state index in [1.807, 2.05) is 13.0 Å². The third-order valence-electron chi connectivity index (χ3n) is 1.49. The first-order valence-electron chi connectivity index (χ1n) is 3.44. The highest BCUT2D eigenvalue weighted by atomic mass is 32.1. The Balaban J connectivity index is 4.39. The zero-order valence-corrected chi connectivity index (χ0v) is 8.13. The predicted molar refractivity (Wildman–Crippen MR) is 51.3 cm³/mol. The molecule has 0 spiro atoms. The van der Waals surface area contributed by atoms with Gasteiger partial charge in [0, 0.05) is 4.91 Å². The lowest BCUT2D eigenvalue weighted by Crippen LogP contribution is -2.08. The fourth-order valence-electron chi connectivity index (χ4n) is 0.558. The van der Waals surface area contributed by atoms with Crippen molar-refractivity contribution in [3.8, 4) is 0 Å². The highest BCUT2D eigenvalue weighted by Gasteiger charge is 2.15. The summed E-state index contributed by atoms with van der Waals surface area (Å²) in [5, 5.41) is 0. The summed E-state index contributed by atoms with van der Waals surface area (Å²) in [6, 6.07) is 0. The van der Waals surface area contributed by atoms with Crippen LogP contribution in [0.2, 0.25) is 0 Å². The minimum absolute atomic E-state index is 0.142. The second-order valence-corrected chi connectivity index (χ2v) is 3.88. The Morgan fingerprint density at radius 3 is 1.90 bits per heavy atom. The third kappa shape index (κ3) is 2.61. The zero-order chi connectivity index (χ0) is 8.36. The van der Waals surface area contributed by atoms with E-state index in [-0.39, 0.29) is 5.41 Å². The van der Waals surface area contributed by atoms with Crippen LogP contribution in [0.25, 0.3) is 0 Å². The second kappa shape index (κ2) is 3.29. The van der Waals surface area contributed by atoms with Gasteiger partial charge in [-0.3, -0.25) is 0 Å². The number of rotatable bonds is 1. The largest absolute Gasteiger partial charge is 0.143 e. The van der Waals surface area contributed by atoms with Crippen LogP contribution in [-0.2, 0) is 0 Å². The summed E-state index contributed by atoms with van der Waals surface area (Å²) < 4.78 is 0. The molecule has 0 aromatic rings. The molecule has 0 aliphatic heterocycles. The Labute approximate surface area is 69.4 Å². The molecular formula is C9H16S. The molecule has 1 heteroatoms. The van der Waals surface area contributed by atoms with Gasteiger partial charge >= 0.3 is 0 Å². The average molecular weight is 156 g/mol. The lowest BCUT2D eigenvalue weighted by Gasteiger charge is -2.21. The summed E-state index contributed by atoms with van der Waals surface area (Å²) in [6.45, 7) is 12.3. The Hall–Kier alpha value is -0.170. The molecule has 0 atom stereocenters. The molecule has 0 N–H and O–H groups in total. The van der Waals surface area contributed by atoms with Gasteiger partial charge in [0.1, 0.15) is 0 Å². The average Bonchev–Trinajstić information content (AvgIpc) is 1.83. The van der Waals surface area contributed by atoms with Crippen molar-refractivity contribution >= 4 is 12.6 Å². The van der Waals surface area contributed by atoms with Crippen molar-refractivity contribution in [2.24, 2.45) is 5.41 Å². The van der Waals surface area contributed by atoms with E-state index in [4.69, 9.17) is 0 Å². The topological polar surface area (TPSA) is 0 Å². The SMILES string of the molecule is C=C(/C(S)=C/C)C(C)(C)C. The van der Waals surface area contributed by atoms with Crippen molar-refractivity contribution < 1.29 is 0 Å². The Kier molecular flexibility index (Phi) is 3.23. The lowest BCUT2D eigenvalue weighted by atomic mass is 9.87. The molecule has 0 fully saturated rings. The first-order valence-corrected chi connectivity index (χ1v) is 3.89. The molecule has 0 radical (unpaired) electrons. The quantitative estimate of drug-likeness (QED) is 0.436. The van der Waals surface area contributed by atoms with Gasteiger partial charge in [-0.25, -0.2) is 0 Å². The molecule has 0 aliphatic rings. The summed E-state index contributed by atoms with van der Waals surface area (Å²) in [4.78, 5) is 0.993. The molecule has 10 heavy (non-hydrogen) atoms. The van der Waals surface area contributed by atoms with Crippen LogP contribution in [0.5, 0.6) is 0 Å². The minimum Gasteiger partial charge on any atom is -0.143 e. The lowest BCUT2D eigenvalue weighted by molar-refractivity contribution is 0.517. The van der Waals surface area contributed by atoms with Gasteiger partial charge in [-0.05, 0) is 17.9 Å². The van der Waals surface area contributed by atoms with Gasteiger partial charge in [0.2, 0.25) is 0 Å². The number of allylic oxidation sites excluding steroid dienone is 2. The van der Waals surface area contributed by atoms with Gasteiger partial charge in [0.15, 0.2) is 0 Å². The number of hydrogen-bond donors (Lipinski definition) is 1. The highest BCUT2D eigenvalue weighted by molar-refractivity contribution is 7.84. The van der Waals surface area contributed by atoms with Crippen LogP contribution in [0.1, 0.15) is 27.7 Å².